The van der Waals surface area contributed by atoms with Gasteiger partial charge in [-0.1, -0.05) is 6.08 Å². The molecular weight excluding hydrogens is 218 g/mol. The van der Waals surface area contributed by atoms with Crippen LogP contribution in [0.5, 0.6) is 0 Å². The largest absolute Gasteiger partial charge is 0.385 e. The van der Waals surface area contributed by atoms with Gasteiger partial charge in [-0.3, -0.25) is 0 Å². The van der Waals surface area contributed by atoms with E-state index in [0.29, 0.717) is 12.4 Å². The number of rotatable bonds is 3. The van der Waals surface area contributed by atoms with Gasteiger partial charge < -0.3 is 15.4 Å². The van der Waals surface area contributed by atoms with Gasteiger partial charge in [0.15, 0.2) is 0 Å². The first-order valence-corrected chi connectivity index (χ1v) is 5.94. The van der Waals surface area contributed by atoms with Crippen LogP contribution in [0.4, 0.5) is 4.79 Å². The first kappa shape index (κ1) is 12.1. The van der Waals surface area contributed by atoms with Gasteiger partial charge >= 0.3 is 6.03 Å². The molecule has 2 N–H and O–H groups in total. The van der Waals surface area contributed by atoms with Crippen LogP contribution < -0.4 is 5.73 Å². The fourth-order valence-corrected chi connectivity index (χ4v) is 2.80. The maximum atomic E-state index is 11.8. The second-order valence-electron chi connectivity index (χ2n) is 4.65. The first-order chi connectivity index (χ1) is 8.14. The average Bonchev–Trinajstić information content (AvgIpc) is 2.55. The van der Waals surface area contributed by atoms with Gasteiger partial charge in [0.1, 0.15) is 11.4 Å². The number of methoxy groups -OCH3 is 1. The Balaban J connectivity index is 2.19. The third-order valence-electron chi connectivity index (χ3n) is 3.85. The summed E-state index contributed by atoms with van der Waals surface area (Å²) in [5.41, 5.74) is 5.57. The summed E-state index contributed by atoms with van der Waals surface area (Å²) < 4.78 is 5.35. The van der Waals surface area contributed by atoms with Gasteiger partial charge in [0, 0.05) is 13.7 Å². The van der Waals surface area contributed by atoms with E-state index in [0.717, 1.165) is 25.7 Å². The number of hydrogen-bond donors (Lipinski definition) is 1. The molecule has 17 heavy (non-hydrogen) atoms. The molecule has 0 aromatic carbocycles. The first-order valence-electron chi connectivity index (χ1n) is 5.94. The van der Waals surface area contributed by atoms with Crippen LogP contribution in [0, 0.1) is 0 Å². The van der Waals surface area contributed by atoms with E-state index in [4.69, 9.17) is 10.5 Å². The normalized spacial score (nSPS) is 33.0. The highest BCUT2D eigenvalue weighted by Gasteiger charge is 2.49. The molecule has 1 heterocycles. The molecule has 2 aliphatic rings. The maximum Gasteiger partial charge on any atom is 0.346 e. The third kappa shape index (κ3) is 1.84. The molecule has 1 fully saturated rings. The van der Waals surface area contributed by atoms with Gasteiger partial charge in [-0.2, -0.15) is 4.99 Å². The molecular formula is C12H19N3O2. The summed E-state index contributed by atoms with van der Waals surface area (Å²) in [5, 5.41) is 0. The molecule has 0 atom stereocenters. The lowest BCUT2D eigenvalue weighted by molar-refractivity contribution is 0.0364. The van der Waals surface area contributed by atoms with Crippen molar-refractivity contribution in [3.8, 4) is 0 Å². The second kappa shape index (κ2) is 4.49. The van der Waals surface area contributed by atoms with Crippen molar-refractivity contribution < 1.29 is 9.53 Å². The summed E-state index contributed by atoms with van der Waals surface area (Å²) in [4.78, 5) is 17.4. The summed E-state index contributed by atoms with van der Waals surface area (Å²) in [6.07, 6.45) is 5.45. The quantitative estimate of drug-likeness (QED) is 0.752. The van der Waals surface area contributed by atoms with Crippen molar-refractivity contribution in [2.45, 2.75) is 37.3 Å². The Bertz CT molecular complexity index is 357. The molecule has 1 aliphatic carbocycles. The van der Waals surface area contributed by atoms with Crippen LogP contribution in [0.25, 0.3) is 0 Å². The molecule has 94 valence electrons. The van der Waals surface area contributed by atoms with Crippen molar-refractivity contribution in [3.63, 3.8) is 0 Å². The standard InChI is InChI=1S/C12H19N3O2/c1-3-8-15-11(16)14-10(13)12(15)6-4-9(17-2)5-7-12/h3,9H,1,4-8H2,2H3,(H2,13,14,16). The summed E-state index contributed by atoms with van der Waals surface area (Å²) in [7, 11) is 1.72. The van der Waals surface area contributed by atoms with E-state index in [9.17, 15) is 4.79 Å². The molecule has 0 bridgehead atoms. The van der Waals surface area contributed by atoms with E-state index in [2.05, 4.69) is 11.6 Å². The van der Waals surface area contributed by atoms with Gasteiger partial charge in [-0.25, -0.2) is 4.79 Å². The Labute approximate surface area is 101 Å². The molecule has 0 aromatic heterocycles. The molecule has 0 saturated heterocycles. The monoisotopic (exact) mass is 237 g/mol. The minimum absolute atomic E-state index is 0.238. The van der Waals surface area contributed by atoms with Crippen LogP contribution in [0.15, 0.2) is 17.6 Å². The zero-order chi connectivity index (χ0) is 12.5. The number of ether oxygens (including phenoxy) is 1. The van der Waals surface area contributed by atoms with Crippen molar-refractivity contribution in [3.05, 3.63) is 12.7 Å². The van der Waals surface area contributed by atoms with E-state index in [1.807, 2.05) is 0 Å². The highest BCUT2D eigenvalue weighted by Crippen LogP contribution is 2.38. The minimum Gasteiger partial charge on any atom is -0.385 e. The van der Waals surface area contributed by atoms with E-state index in [1.165, 1.54) is 0 Å². The zero-order valence-corrected chi connectivity index (χ0v) is 10.2. The Morgan fingerprint density at radius 3 is 2.82 bits per heavy atom. The predicted molar refractivity (Wildman–Crippen MR) is 65.9 cm³/mol. The van der Waals surface area contributed by atoms with E-state index < -0.39 is 0 Å². The fourth-order valence-electron chi connectivity index (χ4n) is 2.80. The van der Waals surface area contributed by atoms with Crippen LogP contribution in [0.1, 0.15) is 25.7 Å². The number of urea groups is 1. The molecule has 5 nitrogen and oxygen atoms in total. The number of hydrogen-bond acceptors (Lipinski definition) is 3. The van der Waals surface area contributed by atoms with Crippen LogP contribution in [0.2, 0.25) is 0 Å². The van der Waals surface area contributed by atoms with Crippen LogP contribution in [0.3, 0.4) is 0 Å². The molecule has 0 radical (unpaired) electrons. The number of amidine groups is 1. The third-order valence-corrected chi connectivity index (χ3v) is 3.85. The molecule has 5 heteroatoms. The highest BCUT2D eigenvalue weighted by molar-refractivity contribution is 6.05. The summed E-state index contributed by atoms with van der Waals surface area (Å²) >= 11 is 0. The lowest BCUT2D eigenvalue weighted by atomic mass is 9.78. The number of carbonyl (C=O) groups excluding carboxylic acids is 1. The Kier molecular flexibility index (Phi) is 3.19. The molecule has 0 aromatic rings. The van der Waals surface area contributed by atoms with Gasteiger partial charge in [0.25, 0.3) is 0 Å². The van der Waals surface area contributed by atoms with E-state index in [1.54, 1.807) is 18.1 Å². The van der Waals surface area contributed by atoms with E-state index in [-0.39, 0.29) is 17.7 Å². The molecule has 0 unspecified atom stereocenters. The second-order valence-corrected chi connectivity index (χ2v) is 4.65. The highest BCUT2D eigenvalue weighted by atomic mass is 16.5. The SMILES string of the molecule is C=CCN1C(=O)N=C(N)C12CCC(OC)CC2. The zero-order valence-electron chi connectivity index (χ0n) is 10.2. The van der Waals surface area contributed by atoms with Crippen LogP contribution in [-0.2, 0) is 4.74 Å². The number of nitrogens with zero attached hydrogens (tertiary/aromatic N) is 2. The summed E-state index contributed by atoms with van der Waals surface area (Å²) in [6, 6.07) is -0.238. The molecule has 2 rings (SSSR count). The lowest BCUT2D eigenvalue weighted by Gasteiger charge is -2.42. The smallest absolute Gasteiger partial charge is 0.346 e. The summed E-state index contributed by atoms with van der Waals surface area (Å²) in [5.74, 6) is 0.457. The number of nitrogens with two attached hydrogens (primary N) is 1. The fraction of sp³-hybridized carbons (Fsp3) is 0.667. The van der Waals surface area contributed by atoms with E-state index >= 15 is 0 Å². The molecule has 1 saturated carbocycles. The number of carbonyl (C=O) groups is 1. The van der Waals surface area contributed by atoms with Crippen LogP contribution in [-0.4, -0.2) is 42.1 Å². The molecule has 2 amide bonds. The topological polar surface area (TPSA) is 67.9 Å². The Morgan fingerprint density at radius 2 is 2.29 bits per heavy atom. The van der Waals surface area contributed by atoms with Crippen molar-refractivity contribution in [2.24, 2.45) is 10.7 Å². The average molecular weight is 237 g/mol. The minimum atomic E-state index is -0.389. The Morgan fingerprint density at radius 1 is 1.65 bits per heavy atom. The van der Waals surface area contributed by atoms with Crippen LogP contribution >= 0.6 is 0 Å². The molecule has 1 spiro atoms. The Hall–Kier alpha value is -1.36. The molecule has 1 aliphatic heterocycles. The summed E-state index contributed by atoms with van der Waals surface area (Å²) in [6.45, 7) is 4.18. The van der Waals surface area contributed by atoms with Gasteiger partial charge in [0.05, 0.1) is 6.10 Å². The van der Waals surface area contributed by atoms with Gasteiger partial charge in [0.2, 0.25) is 0 Å². The van der Waals surface area contributed by atoms with Crippen molar-refractivity contribution in [1.29, 1.82) is 0 Å². The number of aliphatic imine (C=N–C) groups is 1. The van der Waals surface area contributed by atoms with Crippen molar-refractivity contribution in [1.82, 2.24) is 4.90 Å². The predicted octanol–water partition coefficient (Wildman–Crippen LogP) is 1.29. The van der Waals surface area contributed by atoms with Gasteiger partial charge in [-0.05, 0) is 25.7 Å². The number of amides is 2. The van der Waals surface area contributed by atoms with Crippen molar-refractivity contribution >= 4 is 11.9 Å². The maximum absolute atomic E-state index is 11.8. The van der Waals surface area contributed by atoms with Gasteiger partial charge in [-0.15, -0.1) is 6.58 Å². The van der Waals surface area contributed by atoms with Crippen molar-refractivity contribution in [2.75, 3.05) is 13.7 Å². The lowest BCUT2D eigenvalue weighted by Crippen LogP contribution is -2.56.